The number of H-pyrrole nitrogens is 1. The lowest BCUT2D eigenvalue weighted by molar-refractivity contribution is -0.132. The number of aliphatic imine (C=N–C) groups is 1. The van der Waals surface area contributed by atoms with Gasteiger partial charge in [0.25, 0.3) is 11.8 Å². The van der Waals surface area contributed by atoms with Crippen molar-refractivity contribution in [3.8, 4) is 0 Å². The predicted octanol–water partition coefficient (Wildman–Crippen LogP) is 5.58. The highest BCUT2D eigenvalue weighted by Crippen LogP contribution is 2.44. The van der Waals surface area contributed by atoms with E-state index in [1.807, 2.05) is 24.3 Å². The quantitative estimate of drug-likeness (QED) is 0.395. The zero-order valence-electron chi connectivity index (χ0n) is 20.4. The number of hydrogen-bond acceptors (Lipinski definition) is 4. The molecular formula is C28H29F2N3O3. The Labute approximate surface area is 207 Å². The van der Waals surface area contributed by atoms with Gasteiger partial charge in [0.05, 0.1) is 30.4 Å². The first kappa shape index (κ1) is 24.2. The van der Waals surface area contributed by atoms with Crippen molar-refractivity contribution in [1.29, 1.82) is 0 Å². The average Bonchev–Trinajstić information content (AvgIpc) is 3.50. The van der Waals surface area contributed by atoms with Crippen LogP contribution in [0.2, 0.25) is 0 Å². The normalized spacial score (nSPS) is 17.9. The smallest absolute Gasteiger partial charge is 0.407 e. The molecule has 0 spiro atoms. The molecule has 6 nitrogen and oxygen atoms in total. The van der Waals surface area contributed by atoms with E-state index in [0.717, 1.165) is 25.3 Å². The number of halogens is 2. The van der Waals surface area contributed by atoms with Gasteiger partial charge >= 0.3 is 5.76 Å². The number of carbonyl (C=O) groups is 1. The summed E-state index contributed by atoms with van der Waals surface area (Å²) < 4.78 is 33.8. The van der Waals surface area contributed by atoms with Gasteiger partial charge in [0.1, 0.15) is 0 Å². The van der Waals surface area contributed by atoms with Crippen LogP contribution in [-0.4, -0.2) is 40.5 Å². The Bertz CT molecular complexity index is 1410. The van der Waals surface area contributed by atoms with Gasteiger partial charge in [-0.15, -0.1) is 0 Å². The zero-order valence-corrected chi connectivity index (χ0v) is 20.4. The van der Waals surface area contributed by atoms with Gasteiger partial charge in [0.15, 0.2) is 5.58 Å². The van der Waals surface area contributed by atoms with Crippen LogP contribution in [0.5, 0.6) is 0 Å². The number of alkyl halides is 2. The number of carbonyl (C=O) groups excluding carboxylic acids is 1. The van der Waals surface area contributed by atoms with E-state index in [-0.39, 0.29) is 6.54 Å². The number of amides is 1. The molecule has 0 radical (unpaired) electrons. The third-order valence-electron chi connectivity index (χ3n) is 6.84. The molecule has 1 atom stereocenters. The summed E-state index contributed by atoms with van der Waals surface area (Å²) in [6.45, 7) is 2.41. The number of benzene rings is 2. The highest BCUT2D eigenvalue weighted by atomic mass is 19.3. The van der Waals surface area contributed by atoms with Crippen LogP contribution in [0, 0.1) is 0 Å². The average molecular weight is 494 g/mol. The molecule has 0 fully saturated rings. The third-order valence-corrected chi connectivity index (χ3v) is 6.84. The van der Waals surface area contributed by atoms with E-state index >= 15 is 0 Å². The van der Waals surface area contributed by atoms with Crippen molar-refractivity contribution in [1.82, 2.24) is 9.88 Å². The van der Waals surface area contributed by atoms with Gasteiger partial charge in [0.2, 0.25) is 0 Å². The van der Waals surface area contributed by atoms with Gasteiger partial charge in [0, 0.05) is 23.6 Å². The summed E-state index contributed by atoms with van der Waals surface area (Å²) in [4.78, 5) is 33.7. The van der Waals surface area contributed by atoms with E-state index in [1.165, 1.54) is 29.7 Å². The molecule has 2 aliphatic heterocycles. The number of nitrogens with one attached hydrogen (secondary N) is 1. The van der Waals surface area contributed by atoms with Crippen molar-refractivity contribution in [2.45, 2.75) is 57.9 Å². The summed E-state index contributed by atoms with van der Waals surface area (Å²) in [7, 11) is 0. The fourth-order valence-electron chi connectivity index (χ4n) is 5.22. The van der Waals surface area contributed by atoms with Crippen molar-refractivity contribution >= 4 is 22.7 Å². The Morgan fingerprint density at radius 1 is 1.11 bits per heavy atom. The third kappa shape index (κ3) is 4.52. The molecule has 2 aromatic carbocycles. The largest absolute Gasteiger partial charge is 0.417 e. The fraction of sp³-hybridized carbons (Fsp3) is 0.393. The monoisotopic (exact) mass is 493 g/mol. The molecule has 188 valence electrons. The van der Waals surface area contributed by atoms with Crippen LogP contribution < -0.4 is 5.76 Å². The Balaban J connectivity index is 1.53. The first-order valence-electron chi connectivity index (χ1n) is 12.4. The lowest BCUT2D eigenvalue weighted by Gasteiger charge is -2.30. The standard InChI is InChI=1S/C28H29F2N3O3/c1-3-4-5-6-8-17-11-13-18(14-12-17)24-22-20(26(34)33(24)16-28(2,29)30)15-31-23(22)19-9-7-10-21-25(19)36-27(35)32-21/h7,9-14,24H,3-6,8,15-16H2,1-2H3,(H,32,35). The van der Waals surface area contributed by atoms with E-state index in [2.05, 4.69) is 16.9 Å². The highest BCUT2D eigenvalue weighted by Gasteiger charge is 2.47. The number of nitrogens with zero attached hydrogens (tertiary/aromatic N) is 2. The van der Waals surface area contributed by atoms with Crippen LogP contribution in [0.3, 0.4) is 0 Å². The molecule has 1 unspecified atom stereocenters. The summed E-state index contributed by atoms with van der Waals surface area (Å²) in [5.41, 5.74) is 4.87. The maximum Gasteiger partial charge on any atom is 0.417 e. The molecule has 3 heterocycles. The lowest BCUT2D eigenvalue weighted by atomic mass is 9.90. The van der Waals surface area contributed by atoms with Crippen LogP contribution in [0.15, 0.2) is 67.8 Å². The number of hydrogen-bond donors (Lipinski definition) is 1. The van der Waals surface area contributed by atoms with Gasteiger partial charge in [-0.25, -0.2) is 13.6 Å². The van der Waals surface area contributed by atoms with Crippen LogP contribution in [0.4, 0.5) is 8.78 Å². The maximum atomic E-state index is 14.2. The molecule has 2 aliphatic rings. The Morgan fingerprint density at radius 2 is 1.89 bits per heavy atom. The first-order valence-corrected chi connectivity index (χ1v) is 12.4. The molecule has 1 aromatic heterocycles. The lowest BCUT2D eigenvalue weighted by Crippen LogP contribution is -2.40. The van der Waals surface area contributed by atoms with Crippen molar-refractivity contribution in [2.75, 3.05) is 13.1 Å². The minimum absolute atomic E-state index is 0.104. The minimum atomic E-state index is -3.06. The molecule has 1 N–H and O–H groups in total. The van der Waals surface area contributed by atoms with Crippen molar-refractivity contribution in [3.63, 3.8) is 0 Å². The second-order valence-electron chi connectivity index (χ2n) is 9.71. The van der Waals surface area contributed by atoms with E-state index in [0.29, 0.717) is 33.5 Å². The molecule has 1 amide bonds. The Morgan fingerprint density at radius 3 is 2.61 bits per heavy atom. The van der Waals surface area contributed by atoms with Crippen LogP contribution in [0.25, 0.3) is 11.1 Å². The number of aromatic nitrogens is 1. The number of aromatic amines is 1. The van der Waals surface area contributed by atoms with Crippen molar-refractivity contribution in [3.05, 3.63) is 80.9 Å². The van der Waals surface area contributed by atoms with Crippen LogP contribution in [-0.2, 0) is 11.2 Å². The summed E-state index contributed by atoms with van der Waals surface area (Å²) in [5, 5.41) is 0. The van der Waals surface area contributed by atoms with Gasteiger partial charge < -0.3 is 9.32 Å². The van der Waals surface area contributed by atoms with E-state index in [1.54, 1.807) is 18.2 Å². The molecule has 0 aliphatic carbocycles. The van der Waals surface area contributed by atoms with Gasteiger partial charge in [-0.3, -0.25) is 14.8 Å². The second kappa shape index (κ2) is 9.48. The number of para-hydroxylation sites is 1. The number of aryl methyl sites for hydroxylation is 1. The molecule has 3 aromatic rings. The number of fused-ring (bicyclic) bond motifs is 1. The van der Waals surface area contributed by atoms with Crippen LogP contribution in [0.1, 0.15) is 62.3 Å². The molecule has 36 heavy (non-hydrogen) atoms. The summed E-state index contributed by atoms with van der Waals surface area (Å²) in [6.07, 6.45) is 5.60. The molecular weight excluding hydrogens is 464 g/mol. The molecule has 8 heteroatoms. The van der Waals surface area contributed by atoms with Crippen molar-refractivity contribution in [2.24, 2.45) is 4.99 Å². The first-order chi connectivity index (χ1) is 17.3. The summed E-state index contributed by atoms with van der Waals surface area (Å²) in [6, 6.07) is 12.4. The molecule has 5 rings (SSSR count). The molecule has 0 bridgehead atoms. The van der Waals surface area contributed by atoms with Gasteiger partial charge in [-0.05, 0) is 36.1 Å². The number of unbranched alkanes of at least 4 members (excludes halogenated alkanes) is 3. The SMILES string of the molecule is CCCCCCc1ccc(C2C3=C(CN=C3c3cccc4[nH]c(=O)oc34)C(=O)N2CC(C)(F)F)cc1. The number of oxazole rings is 1. The highest BCUT2D eigenvalue weighted by molar-refractivity contribution is 6.25. The zero-order chi connectivity index (χ0) is 25.4. The van der Waals surface area contributed by atoms with Crippen molar-refractivity contribution < 1.29 is 18.0 Å². The minimum Gasteiger partial charge on any atom is -0.407 e. The molecule has 0 saturated heterocycles. The Hall–Kier alpha value is -3.55. The maximum absolute atomic E-state index is 14.2. The number of rotatable bonds is 9. The van der Waals surface area contributed by atoms with E-state index in [4.69, 9.17) is 4.42 Å². The van der Waals surface area contributed by atoms with E-state index < -0.39 is 30.2 Å². The summed E-state index contributed by atoms with van der Waals surface area (Å²) in [5.74, 6) is -4.08. The summed E-state index contributed by atoms with van der Waals surface area (Å²) >= 11 is 0. The topological polar surface area (TPSA) is 78.7 Å². The van der Waals surface area contributed by atoms with Gasteiger partial charge in [-0.2, -0.15) is 0 Å². The van der Waals surface area contributed by atoms with E-state index in [9.17, 15) is 18.4 Å². The molecule has 0 saturated carbocycles. The predicted molar refractivity (Wildman–Crippen MR) is 135 cm³/mol. The van der Waals surface area contributed by atoms with Gasteiger partial charge in [-0.1, -0.05) is 56.5 Å². The Kier molecular flexibility index (Phi) is 6.36. The fourth-order valence-corrected chi connectivity index (χ4v) is 5.22. The van der Waals surface area contributed by atoms with Crippen LogP contribution >= 0.6 is 0 Å². The second-order valence-corrected chi connectivity index (χ2v) is 9.71.